The molecule has 1 saturated heterocycles. The van der Waals surface area contributed by atoms with Gasteiger partial charge in [0.15, 0.2) is 0 Å². The molecule has 1 aliphatic heterocycles. The maximum Gasteiger partial charge on any atom is 0.329 e. The average Bonchev–Trinajstić information content (AvgIpc) is 3.10. The molecule has 0 radical (unpaired) electrons. The number of carbonyl (C=O) groups is 2. The van der Waals surface area contributed by atoms with Crippen molar-refractivity contribution in [3.05, 3.63) is 29.8 Å². The quantitative estimate of drug-likeness (QED) is 0.773. The molecule has 1 N–H and O–H groups in total. The van der Waals surface area contributed by atoms with Crippen molar-refractivity contribution in [2.24, 2.45) is 5.92 Å². The van der Waals surface area contributed by atoms with Crippen LogP contribution in [0.5, 0.6) is 5.75 Å². The minimum Gasteiger partial charge on any atom is -0.497 e. The van der Waals surface area contributed by atoms with E-state index in [2.05, 4.69) is 5.32 Å². The highest BCUT2D eigenvalue weighted by Crippen LogP contribution is 2.14. The Morgan fingerprint density at radius 2 is 2.00 bits per heavy atom. The van der Waals surface area contributed by atoms with Gasteiger partial charge in [-0.2, -0.15) is 0 Å². The summed E-state index contributed by atoms with van der Waals surface area (Å²) in [5.74, 6) is -0.153. The first-order chi connectivity index (χ1) is 11.5. The summed E-state index contributed by atoms with van der Waals surface area (Å²) in [7, 11) is 1.56. The number of ether oxygens (including phenoxy) is 3. The fourth-order valence-corrected chi connectivity index (χ4v) is 2.51. The van der Waals surface area contributed by atoms with E-state index < -0.39 is 12.0 Å². The standard InChI is InChI=1S/C18H25NO5/c1-12(2)16(18(21)24-11-15-5-4-10-23-15)19-17(20)13-6-8-14(22-3)9-7-13/h6-9,12,15-16H,4-5,10-11H2,1-3H3,(H,19,20). The van der Waals surface area contributed by atoms with E-state index in [4.69, 9.17) is 14.2 Å². The van der Waals surface area contributed by atoms with Gasteiger partial charge in [-0.1, -0.05) is 13.8 Å². The lowest BCUT2D eigenvalue weighted by molar-refractivity contribution is -0.150. The first-order valence-corrected chi connectivity index (χ1v) is 8.24. The second kappa shape index (κ2) is 8.68. The van der Waals surface area contributed by atoms with Crippen molar-refractivity contribution < 1.29 is 23.8 Å². The SMILES string of the molecule is COc1ccc(C(=O)NC(C(=O)OCC2CCCO2)C(C)C)cc1. The molecule has 0 aliphatic carbocycles. The van der Waals surface area contributed by atoms with Gasteiger partial charge in [0, 0.05) is 12.2 Å². The van der Waals surface area contributed by atoms with Gasteiger partial charge in [-0.15, -0.1) is 0 Å². The van der Waals surface area contributed by atoms with Crippen LogP contribution >= 0.6 is 0 Å². The molecule has 1 heterocycles. The van der Waals surface area contributed by atoms with Crippen molar-refractivity contribution in [2.75, 3.05) is 20.3 Å². The Bertz CT molecular complexity index is 549. The molecule has 0 bridgehead atoms. The number of nitrogens with one attached hydrogen (secondary N) is 1. The number of methoxy groups -OCH3 is 1. The van der Waals surface area contributed by atoms with Gasteiger partial charge in [-0.05, 0) is 43.0 Å². The molecule has 0 aromatic heterocycles. The van der Waals surface area contributed by atoms with Gasteiger partial charge in [-0.25, -0.2) is 4.79 Å². The number of amides is 1. The second-order valence-corrected chi connectivity index (χ2v) is 6.19. The normalized spacial score (nSPS) is 18.2. The minimum absolute atomic E-state index is 0.0287. The molecule has 6 heteroatoms. The van der Waals surface area contributed by atoms with Crippen LogP contribution < -0.4 is 10.1 Å². The lowest BCUT2D eigenvalue weighted by Crippen LogP contribution is -2.45. The van der Waals surface area contributed by atoms with E-state index >= 15 is 0 Å². The molecule has 2 rings (SSSR count). The summed E-state index contributed by atoms with van der Waals surface area (Å²) in [6, 6.07) is 6.03. The molecule has 1 aromatic carbocycles. The van der Waals surface area contributed by atoms with Gasteiger partial charge >= 0.3 is 5.97 Å². The van der Waals surface area contributed by atoms with Crippen molar-refractivity contribution in [1.82, 2.24) is 5.32 Å². The van der Waals surface area contributed by atoms with Crippen LogP contribution in [0.4, 0.5) is 0 Å². The zero-order chi connectivity index (χ0) is 17.5. The van der Waals surface area contributed by atoms with Crippen LogP contribution in [0.3, 0.4) is 0 Å². The number of carbonyl (C=O) groups excluding carboxylic acids is 2. The molecular formula is C18H25NO5. The third kappa shape index (κ3) is 4.96. The fourth-order valence-electron chi connectivity index (χ4n) is 2.51. The highest BCUT2D eigenvalue weighted by molar-refractivity contribution is 5.96. The maximum absolute atomic E-state index is 12.3. The lowest BCUT2D eigenvalue weighted by atomic mass is 10.0. The number of rotatable bonds is 7. The molecular weight excluding hydrogens is 310 g/mol. The molecule has 0 saturated carbocycles. The summed E-state index contributed by atoms with van der Waals surface area (Å²) in [4.78, 5) is 24.6. The Morgan fingerprint density at radius 1 is 1.29 bits per heavy atom. The molecule has 2 unspecified atom stereocenters. The summed E-state index contributed by atoms with van der Waals surface area (Å²) in [5.41, 5.74) is 0.466. The van der Waals surface area contributed by atoms with Crippen molar-refractivity contribution in [1.29, 1.82) is 0 Å². The van der Waals surface area contributed by atoms with Crippen molar-refractivity contribution in [3.63, 3.8) is 0 Å². The van der Waals surface area contributed by atoms with Gasteiger partial charge in [0.2, 0.25) is 0 Å². The predicted octanol–water partition coefficient (Wildman–Crippen LogP) is 2.17. The van der Waals surface area contributed by atoms with Crippen molar-refractivity contribution in [3.8, 4) is 5.75 Å². The van der Waals surface area contributed by atoms with Gasteiger partial charge in [0.25, 0.3) is 5.91 Å². The van der Waals surface area contributed by atoms with E-state index in [1.807, 2.05) is 13.8 Å². The molecule has 6 nitrogen and oxygen atoms in total. The Balaban J connectivity index is 1.93. The molecule has 1 aliphatic rings. The summed E-state index contributed by atoms with van der Waals surface area (Å²) in [6.45, 7) is 4.68. The monoisotopic (exact) mass is 335 g/mol. The van der Waals surface area contributed by atoms with Crippen LogP contribution in [0, 0.1) is 5.92 Å². The van der Waals surface area contributed by atoms with Gasteiger partial charge in [0.1, 0.15) is 18.4 Å². The molecule has 1 amide bonds. The molecule has 24 heavy (non-hydrogen) atoms. The lowest BCUT2D eigenvalue weighted by Gasteiger charge is -2.22. The first kappa shape index (κ1) is 18.3. The van der Waals surface area contributed by atoms with Crippen LogP contribution in [0.1, 0.15) is 37.0 Å². The molecule has 0 spiro atoms. The Labute approximate surface area is 142 Å². The van der Waals surface area contributed by atoms with Crippen LogP contribution in [0.2, 0.25) is 0 Å². The van der Waals surface area contributed by atoms with Crippen LogP contribution in [-0.4, -0.2) is 44.3 Å². The zero-order valence-corrected chi connectivity index (χ0v) is 14.4. The topological polar surface area (TPSA) is 73.9 Å². The maximum atomic E-state index is 12.3. The number of esters is 1. The molecule has 2 atom stereocenters. The van der Waals surface area contributed by atoms with Crippen LogP contribution in [0.25, 0.3) is 0 Å². The average molecular weight is 335 g/mol. The van der Waals surface area contributed by atoms with E-state index in [1.165, 1.54) is 0 Å². The Hall–Kier alpha value is -2.08. The molecule has 1 fully saturated rings. The number of hydrogen-bond donors (Lipinski definition) is 1. The van der Waals surface area contributed by atoms with Gasteiger partial charge in [0.05, 0.1) is 13.2 Å². The van der Waals surface area contributed by atoms with E-state index in [9.17, 15) is 9.59 Å². The third-order valence-corrected chi connectivity index (χ3v) is 3.99. The van der Waals surface area contributed by atoms with E-state index in [0.717, 1.165) is 12.8 Å². The van der Waals surface area contributed by atoms with Crippen molar-refractivity contribution in [2.45, 2.75) is 38.8 Å². The summed E-state index contributed by atoms with van der Waals surface area (Å²) in [6.07, 6.45) is 1.86. The minimum atomic E-state index is -0.694. The van der Waals surface area contributed by atoms with Crippen molar-refractivity contribution >= 4 is 11.9 Å². The second-order valence-electron chi connectivity index (χ2n) is 6.19. The van der Waals surface area contributed by atoms with Gasteiger partial charge in [-0.3, -0.25) is 4.79 Å². The van der Waals surface area contributed by atoms with Crippen LogP contribution in [-0.2, 0) is 14.3 Å². The predicted molar refractivity (Wildman–Crippen MR) is 89.0 cm³/mol. The fraction of sp³-hybridized carbons (Fsp3) is 0.556. The number of benzene rings is 1. The van der Waals surface area contributed by atoms with E-state index in [0.29, 0.717) is 17.9 Å². The highest BCUT2D eigenvalue weighted by Gasteiger charge is 2.27. The Morgan fingerprint density at radius 3 is 2.54 bits per heavy atom. The van der Waals surface area contributed by atoms with E-state index in [1.54, 1.807) is 31.4 Å². The number of hydrogen-bond acceptors (Lipinski definition) is 5. The van der Waals surface area contributed by atoms with Crippen LogP contribution in [0.15, 0.2) is 24.3 Å². The summed E-state index contributed by atoms with van der Waals surface area (Å²) < 4.78 is 15.8. The summed E-state index contributed by atoms with van der Waals surface area (Å²) >= 11 is 0. The third-order valence-electron chi connectivity index (χ3n) is 3.99. The van der Waals surface area contributed by atoms with Gasteiger partial charge < -0.3 is 19.5 Å². The largest absolute Gasteiger partial charge is 0.497 e. The first-order valence-electron chi connectivity index (χ1n) is 8.24. The summed E-state index contributed by atoms with van der Waals surface area (Å²) in [5, 5.41) is 2.75. The Kier molecular flexibility index (Phi) is 6.61. The smallest absolute Gasteiger partial charge is 0.329 e. The zero-order valence-electron chi connectivity index (χ0n) is 14.4. The molecule has 132 valence electrons. The molecule has 1 aromatic rings. The highest BCUT2D eigenvalue weighted by atomic mass is 16.6. The van der Waals surface area contributed by atoms with E-state index in [-0.39, 0.29) is 24.5 Å².